The number of rotatable bonds is 4. The fraction of sp³-hybridized carbons (Fsp3) is 0.400. The molecule has 5 heteroatoms. The molecule has 3 heterocycles. The highest BCUT2D eigenvalue weighted by molar-refractivity contribution is 5.87. The fourth-order valence-electron chi connectivity index (χ4n) is 3.90. The van der Waals surface area contributed by atoms with Crippen LogP contribution in [0.1, 0.15) is 18.9 Å². The Labute approximate surface area is 148 Å². The van der Waals surface area contributed by atoms with E-state index in [0.29, 0.717) is 12.0 Å². The van der Waals surface area contributed by atoms with Crippen molar-refractivity contribution in [1.29, 1.82) is 0 Å². The second-order valence-corrected chi connectivity index (χ2v) is 7.10. The molecule has 3 aromatic rings. The molecule has 1 aromatic carbocycles. The van der Waals surface area contributed by atoms with Gasteiger partial charge in [0.15, 0.2) is 0 Å². The van der Waals surface area contributed by atoms with Gasteiger partial charge in [0.25, 0.3) is 0 Å². The normalized spacial score (nSPS) is 21.5. The van der Waals surface area contributed by atoms with E-state index in [4.69, 9.17) is 0 Å². The first kappa shape index (κ1) is 16.1. The Morgan fingerprint density at radius 3 is 2.88 bits per heavy atom. The minimum Gasteiger partial charge on any atom is -0.354 e. The van der Waals surface area contributed by atoms with E-state index in [1.165, 1.54) is 12.0 Å². The van der Waals surface area contributed by atoms with Gasteiger partial charge in [0.2, 0.25) is 0 Å². The standard InChI is InChI=1S/C20H25N5/c1-15-9-11-25(12-16-6-4-3-5-7-16)13-18(15)24(2)20-17-8-10-21-19(17)22-14-23-20/h3-8,10,14-15,18H,9,11-13H2,1-2H3,(H,21,22,23)/t15-,18-/m1/s1. The highest BCUT2D eigenvalue weighted by atomic mass is 15.3. The molecule has 5 nitrogen and oxygen atoms in total. The van der Waals surface area contributed by atoms with E-state index < -0.39 is 0 Å². The summed E-state index contributed by atoms with van der Waals surface area (Å²) in [5, 5.41) is 1.09. The third-order valence-corrected chi connectivity index (χ3v) is 5.42. The third kappa shape index (κ3) is 3.24. The van der Waals surface area contributed by atoms with Crippen LogP contribution >= 0.6 is 0 Å². The van der Waals surface area contributed by atoms with Gasteiger partial charge in [-0.15, -0.1) is 0 Å². The van der Waals surface area contributed by atoms with Gasteiger partial charge in [-0.25, -0.2) is 9.97 Å². The summed E-state index contributed by atoms with van der Waals surface area (Å²) in [4.78, 5) is 17.0. The molecule has 1 fully saturated rings. The van der Waals surface area contributed by atoms with Crippen LogP contribution in [0.25, 0.3) is 11.0 Å². The number of hydrogen-bond acceptors (Lipinski definition) is 4. The number of aromatic amines is 1. The Hall–Kier alpha value is -2.40. The zero-order valence-electron chi connectivity index (χ0n) is 14.9. The van der Waals surface area contributed by atoms with Crippen molar-refractivity contribution in [2.24, 2.45) is 5.92 Å². The number of nitrogens with zero attached hydrogens (tertiary/aromatic N) is 4. The largest absolute Gasteiger partial charge is 0.354 e. The first-order valence-corrected chi connectivity index (χ1v) is 8.99. The fourth-order valence-corrected chi connectivity index (χ4v) is 3.90. The molecule has 0 spiro atoms. The zero-order chi connectivity index (χ0) is 17.2. The van der Waals surface area contributed by atoms with Crippen molar-refractivity contribution in [3.8, 4) is 0 Å². The van der Waals surface area contributed by atoms with Crippen molar-refractivity contribution in [3.63, 3.8) is 0 Å². The van der Waals surface area contributed by atoms with Gasteiger partial charge in [-0.2, -0.15) is 0 Å². The van der Waals surface area contributed by atoms with Gasteiger partial charge in [0, 0.05) is 32.4 Å². The molecule has 2 atom stereocenters. The summed E-state index contributed by atoms with van der Waals surface area (Å²) in [5.74, 6) is 1.66. The minimum atomic E-state index is 0.450. The molecule has 4 rings (SSSR count). The van der Waals surface area contributed by atoms with Gasteiger partial charge >= 0.3 is 0 Å². The summed E-state index contributed by atoms with van der Waals surface area (Å²) in [5.41, 5.74) is 2.29. The Balaban J connectivity index is 1.54. The number of H-pyrrole nitrogens is 1. The van der Waals surface area contributed by atoms with Crippen molar-refractivity contribution in [3.05, 3.63) is 54.5 Å². The topological polar surface area (TPSA) is 48.1 Å². The molecule has 130 valence electrons. The lowest BCUT2D eigenvalue weighted by Crippen LogP contribution is -2.50. The molecule has 0 bridgehead atoms. The van der Waals surface area contributed by atoms with Crippen LogP contribution in [0.4, 0.5) is 5.82 Å². The maximum absolute atomic E-state index is 4.57. The Kier molecular flexibility index (Phi) is 4.40. The summed E-state index contributed by atoms with van der Waals surface area (Å²) in [6.07, 6.45) is 4.80. The van der Waals surface area contributed by atoms with Crippen LogP contribution in [-0.2, 0) is 6.54 Å². The Morgan fingerprint density at radius 1 is 1.20 bits per heavy atom. The molecule has 1 saturated heterocycles. The Morgan fingerprint density at radius 2 is 2.04 bits per heavy atom. The summed E-state index contributed by atoms with van der Waals surface area (Å²) < 4.78 is 0. The smallest absolute Gasteiger partial charge is 0.142 e. The van der Waals surface area contributed by atoms with Crippen molar-refractivity contribution in [2.75, 3.05) is 25.0 Å². The predicted octanol–water partition coefficient (Wildman–Crippen LogP) is 3.30. The Bertz CT molecular complexity index is 828. The summed E-state index contributed by atoms with van der Waals surface area (Å²) in [6.45, 7) is 5.59. The van der Waals surface area contributed by atoms with Crippen molar-refractivity contribution in [2.45, 2.75) is 25.9 Å². The number of likely N-dealkylation sites (tertiary alicyclic amines) is 1. The number of fused-ring (bicyclic) bond motifs is 1. The van der Waals surface area contributed by atoms with Gasteiger partial charge in [-0.05, 0) is 30.5 Å². The maximum Gasteiger partial charge on any atom is 0.142 e. The van der Waals surface area contributed by atoms with E-state index in [0.717, 1.165) is 36.5 Å². The van der Waals surface area contributed by atoms with Crippen LogP contribution in [0, 0.1) is 5.92 Å². The second-order valence-electron chi connectivity index (χ2n) is 7.10. The molecule has 0 radical (unpaired) electrons. The van der Waals surface area contributed by atoms with Crippen LogP contribution in [-0.4, -0.2) is 46.0 Å². The number of piperidine rings is 1. The van der Waals surface area contributed by atoms with Gasteiger partial charge in [0.05, 0.1) is 5.39 Å². The quantitative estimate of drug-likeness (QED) is 0.795. The third-order valence-electron chi connectivity index (χ3n) is 5.42. The number of anilines is 1. The highest BCUT2D eigenvalue weighted by Crippen LogP contribution is 2.29. The van der Waals surface area contributed by atoms with Crippen LogP contribution < -0.4 is 4.90 Å². The zero-order valence-corrected chi connectivity index (χ0v) is 14.9. The first-order chi connectivity index (χ1) is 12.2. The summed E-state index contributed by atoms with van der Waals surface area (Å²) >= 11 is 0. The average molecular weight is 335 g/mol. The van der Waals surface area contributed by atoms with Gasteiger partial charge < -0.3 is 9.88 Å². The molecular formula is C20H25N5. The predicted molar refractivity (Wildman–Crippen MR) is 102 cm³/mol. The molecule has 0 aliphatic carbocycles. The summed E-state index contributed by atoms with van der Waals surface area (Å²) in [6, 6.07) is 13.3. The molecule has 0 amide bonds. The van der Waals surface area contributed by atoms with E-state index in [2.05, 4.69) is 75.1 Å². The van der Waals surface area contributed by atoms with Crippen molar-refractivity contribution in [1.82, 2.24) is 19.9 Å². The van der Waals surface area contributed by atoms with Gasteiger partial charge in [-0.3, -0.25) is 4.90 Å². The van der Waals surface area contributed by atoms with Gasteiger partial charge in [0.1, 0.15) is 17.8 Å². The number of nitrogens with one attached hydrogen (secondary N) is 1. The van der Waals surface area contributed by atoms with Crippen LogP contribution in [0.3, 0.4) is 0 Å². The van der Waals surface area contributed by atoms with Crippen LogP contribution in [0.2, 0.25) is 0 Å². The molecular weight excluding hydrogens is 310 g/mol. The molecule has 25 heavy (non-hydrogen) atoms. The van der Waals surface area contributed by atoms with E-state index >= 15 is 0 Å². The second kappa shape index (κ2) is 6.84. The minimum absolute atomic E-state index is 0.450. The van der Waals surface area contributed by atoms with Gasteiger partial charge in [-0.1, -0.05) is 37.3 Å². The van der Waals surface area contributed by atoms with Crippen molar-refractivity contribution < 1.29 is 0 Å². The molecule has 2 aromatic heterocycles. The first-order valence-electron chi connectivity index (χ1n) is 8.99. The average Bonchev–Trinajstić information content (AvgIpc) is 3.12. The number of hydrogen-bond donors (Lipinski definition) is 1. The molecule has 0 saturated carbocycles. The van der Waals surface area contributed by atoms with E-state index in [1.807, 2.05) is 6.20 Å². The molecule has 1 aliphatic rings. The lowest BCUT2D eigenvalue weighted by molar-refractivity contribution is 0.159. The lowest BCUT2D eigenvalue weighted by Gasteiger charge is -2.42. The molecule has 1 aliphatic heterocycles. The number of benzene rings is 1. The SMILES string of the molecule is C[C@@H]1CCN(Cc2ccccc2)C[C@H]1N(C)c1ncnc2[nH]ccc12. The maximum atomic E-state index is 4.57. The molecule has 1 N–H and O–H groups in total. The highest BCUT2D eigenvalue weighted by Gasteiger charge is 2.30. The van der Waals surface area contributed by atoms with Crippen LogP contribution in [0.15, 0.2) is 48.9 Å². The van der Waals surface area contributed by atoms with Crippen molar-refractivity contribution >= 4 is 16.9 Å². The van der Waals surface area contributed by atoms with E-state index in [1.54, 1.807) is 6.33 Å². The van der Waals surface area contributed by atoms with Crippen LogP contribution in [0.5, 0.6) is 0 Å². The number of likely N-dealkylation sites (N-methyl/N-ethyl adjacent to an activating group) is 1. The monoisotopic (exact) mass is 335 g/mol. The summed E-state index contributed by atoms with van der Waals surface area (Å²) in [7, 11) is 2.17. The lowest BCUT2D eigenvalue weighted by atomic mass is 9.92. The van der Waals surface area contributed by atoms with E-state index in [-0.39, 0.29) is 0 Å². The molecule has 0 unspecified atom stereocenters. The number of aromatic nitrogens is 3. The van der Waals surface area contributed by atoms with E-state index in [9.17, 15) is 0 Å².